The highest BCUT2D eigenvalue weighted by molar-refractivity contribution is 5.94. The van der Waals surface area contributed by atoms with E-state index in [1.165, 1.54) is 27.6 Å². The van der Waals surface area contributed by atoms with Gasteiger partial charge in [-0.05, 0) is 55.6 Å². The van der Waals surface area contributed by atoms with Crippen LogP contribution in [0.25, 0.3) is 17.1 Å². The summed E-state index contributed by atoms with van der Waals surface area (Å²) in [5.41, 5.74) is 12.3. The number of anilines is 1. The minimum atomic E-state index is -0.191. The van der Waals surface area contributed by atoms with Gasteiger partial charge in [-0.3, -0.25) is 4.79 Å². The van der Waals surface area contributed by atoms with E-state index in [9.17, 15) is 4.79 Å². The molecule has 32 heavy (non-hydrogen) atoms. The third kappa shape index (κ3) is 3.96. The Labute approximate surface area is 186 Å². The van der Waals surface area contributed by atoms with Gasteiger partial charge in [-0.1, -0.05) is 0 Å². The fourth-order valence-electron chi connectivity index (χ4n) is 4.38. The molecule has 3 N–H and O–H groups in total. The molecule has 1 fully saturated rings. The lowest BCUT2D eigenvalue weighted by atomic mass is 9.92. The Balaban J connectivity index is 1.44. The van der Waals surface area contributed by atoms with Crippen LogP contribution in [-0.2, 0) is 17.7 Å². The van der Waals surface area contributed by atoms with E-state index in [-0.39, 0.29) is 17.8 Å². The molecule has 0 spiro atoms. The summed E-state index contributed by atoms with van der Waals surface area (Å²) < 4.78 is 6.82. The zero-order valence-corrected chi connectivity index (χ0v) is 18.3. The molecule has 3 aromatic rings. The Bertz CT molecular complexity index is 1170. The molecule has 1 atom stereocenters. The molecular formula is C23H27N7O2. The molecule has 0 bridgehead atoms. The van der Waals surface area contributed by atoms with Gasteiger partial charge in [-0.2, -0.15) is 5.10 Å². The van der Waals surface area contributed by atoms with E-state index < -0.39 is 0 Å². The number of fused-ring (bicyclic) bond motifs is 1. The molecule has 9 heteroatoms. The minimum absolute atomic E-state index is 0.0327. The molecule has 0 radical (unpaired) electrons. The Morgan fingerprint density at radius 2 is 2.19 bits per heavy atom. The molecule has 2 aliphatic heterocycles. The zero-order valence-electron chi connectivity index (χ0n) is 18.3. The Hall–Kier alpha value is -3.30. The second kappa shape index (κ2) is 8.33. The summed E-state index contributed by atoms with van der Waals surface area (Å²) in [5.74, 6) is 0.463. The summed E-state index contributed by atoms with van der Waals surface area (Å²) >= 11 is 0. The van der Waals surface area contributed by atoms with Crippen molar-refractivity contribution in [3.8, 4) is 17.1 Å². The lowest BCUT2D eigenvalue weighted by Crippen LogP contribution is -2.34. The number of aryl methyl sites for hydroxylation is 1. The molecule has 9 nitrogen and oxygen atoms in total. The molecule has 2 aromatic heterocycles. The first-order chi connectivity index (χ1) is 15.5. The second-order valence-corrected chi connectivity index (χ2v) is 8.59. The zero-order chi connectivity index (χ0) is 22.2. The first-order valence-corrected chi connectivity index (χ1v) is 10.9. The maximum absolute atomic E-state index is 12.5. The molecule has 166 valence electrons. The number of amides is 1. The highest BCUT2D eigenvalue weighted by Crippen LogP contribution is 2.29. The Kier molecular flexibility index (Phi) is 5.36. The van der Waals surface area contributed by atoms with Gasteiger partial charge < -0.3 is 20.7 Å². The summed E-state index contributed by atoms with van der Waals surface area (Å²) in [7, 11) is 2.14. The van der Waals surface area contributed by atoms with Gasteiger partial charge in [0.1, 0.15) is 0 Å². The first kappa shape index (κ1) is 20.6. The van der Waals surface area contributed by atoms with Crippen molar-refractivity contribution in [2.75, 3.05) is 32.5 Å². The van der Waals surface area contributed by atoms with Crippen molar-refractivity contribution >= 4 is 11.7 Å². The van der Waals surface area contributed by atoms with E-state index in [4.69, 9.17) is 15.5 Å². The predicted octanol–water partition coefficient (Wildman–Crippen LogP) is 1.73. The fraction of sp³-hybridized carbons (Fsp3) is 0.391. The number of likely N-dealkylation sites (N-methyl/N-ethyl adjacent to an activating group) is 1. The van der Waals surface area contributed by atoms with Gasteiger partial charge in [0.05, 0.1) is 36.3 Å². The Morgan fingerprint density at radius 1 is 1.31 bits per heavy atom. The monoisotopic (exact) mass is 433 g/mol. The molecule has 0 aliphatic carbocycles. The van der Waals surface area contributed by atoms with Gasteiger partial charge in [-0.15, -0.1) is 0 Å². The summed E-state index contributed by atoms with van der Waals surface area (Å²) in [6.07, 6.45) is 6.70. The lowest BCUT2D eigenvalue weighted by Gasteiger charge is -2.27. The molecule has 1 aromatic carbocycles. The molecule has 1 amide bonds. The van der Waals surface area contributed by atoms with E-state index in [2.05, 4.69) is 46.4 Å². The molecule has 1 saturated heterocycles. The quantitative estimate of drug-likeness (QED) is 0.644. The van der Waals surface area contributed by atoms with Gasteiger partial charge in [0.25, 0.3) is 5.91 Å². The van der Waals surface area contributed by atoms with E-state index in [0.29, 0.717) is 24.6 Å². The van der Waals surface area contributed by atoms with Crippen molar-refractivity contribution in [1.29, 1.82) is 0 Å². The molecular weight excluding hydrogens is 406 g/mol. The smallest absolute Gasteiger partial charge is 0.254 e. The molecule has 4 heterocycles. The third-order valence-electron chi connectivity index (χ3n) is 6.15. The SMILES string of the molecule is Cc1cc(-c2cnc(N)c(-n3cc(C(=O)N[C@H]4CCOC4)cn3)n2)cc2c1CCN(C)C2. The number of nitrogens with zero attached hydrogens (tertiary/aromatic N) is 5. The second-order valence-electron chi connectivity index (χ2n) is 8.59. The van der Waals surface area contributed by atoms with E-state index >= 15 is 0 Å². The van der Waals surface area contributed by atoms with Crippen LogP contribution in [-0.4, -0.2) is 63.4 Å². The van der Waals surface area contributed by atoms with Gasteiger partial charge >= 0.3 is 0 Å². The maximum Gasteiger partial charge on any atom is 0.254 e. The number of aromatic nitrogens is 4. The predicted molar refractivity (Wildman–Crippen MR) is 120 cm³/mol. The van der Waals surface area contributed by atoms with Crippen LogP contribution in [0.15, 0.2) is 30.7 Å². The number of rotatable bonds is 4. The van der Waals surface area contributed by atoms with Gasteiger partial charge in [-0.25, -0.2) is 14.6 Å². The number of nitrogen functional groups attached to an aromatic ring is 1. The standard InChI is InChI=1S/C23H27N7O2/c1-14-7-15(8-16-11-29(2)5-3-19(14)16)20-10-25-21(24)22(28-20)30-12-17(9-26-30)23(31)27-18-4-6-32-13-18/h7-10,12,18H,3-6,11,13H2,1-2H3,(H2,24,25)(H,27,31)/t18-/m0/s1. The van der Waals surface area contributed by atoms with Crippen LogP contribution in [0.5, 0.6) is 0 Å². The van der Waals surface area contributed by atoms with Crippen molar-refractivity contribution in [2.45, 2.75) is 32.4 Å². The number of hydrogen-bond donors (Lipinski definition) is 2. The molecule has 0 saturated carbocycles. The number of hydrogen-bond acceptors (Lipinski definition) is 7. The Morgan fingerprint density at radius 3 is 3.00 bits per heavy atom. The van der Waals surface area contributed by atoms with Crippen molar-refractivity contribution < 1.29 is 9.53 Å². The van der Waals surface area contributed by atoms with Crippen LogP contribution in [0, 0.1) is 6.92 Å². The van der Waals surface area contributed by atoms with Crippen LogP contribution < -0.4 is 11.1 Å². The maximum atomic E-state index is 12.5. The third-order valence-corrected chi connectivity index (χ3v) is 6.15. The lowest BCUT2D eigenvalue weighted by molar-refractivity contribution is 0.0930. The van der Waals surface area contributed by atoms with E-state index in [0.717, 1.165) is 37.2 Å². The van der Waals surface area contributed by atoms with Crippen LogP contribution in [0.2, 0.25) is 0 Å². The van der Waals surface area contributed by atoms with Gasteiger partial charge in [0.15, 0.2) is 11.6 Å². The summed E-state index contributed by atoms with van der Waals surface area (Å²) in [6, 6.07) is 4.37. The van der Waals surface area contributed by atoms with Crippen LogP contribution in [0.1, 0.15) is 33.5 Å². The largest absolute Gasteiger partial charge is 0.381 e. The van der Waals surface area contributed by atoms with Crippen molar-refractivity contribution in [3.05, 3.63) is 53.0 Å². The van der Waals surface area contributed by atoms with Crippen molar-refractivity contribution in [1.82, 2.24) is 30.0 Å². The van der Waals surface area contributed by atoms with E-state index in [1.54, 1.807) is 12.4 Å². The van der Waals surface area contributed by atoms with E-state index in [1.807, 2.05) is 0 Å². The summed E-state index contributed by atoms with van der Waals surface area (Å²) in [6.45, 7) is 5.34. The topological polar surface area (TPSA) is 111 Å². The number of nitrogens with one attached hydrogen (secondary N) is 1. The molecule has 5 rings (SSSR count). The summed E-state index contributed by atoms with van der Waals surface area (Å²) in [5, 5.41) is 7.27. The normalized spacial score (nSPS) is 18.5. The van der Waals surface area contributed by atoms with Crippen LogP contribution in [0.4, 0.5) is 5.82 Å². The van der Waals surface area contributed by atoms with Crippen molar-refractivity contribution in [2.24, 2.45) is 0 Å². The number of ether oxygens (including phenoxy) is 1. The number of carbonyl (C=O) groups excluding carboxylic acids is 1. The minimum Gasteiger partial charge on any atom is -0.381 e. The highest BCUT2D eigenvalue weighted by atomic mass is 16.5. The number of nitrogens with two attached hydrogens (primary N) is 1. The van der Waals surface area contributed by atoms with Crippen molar-refractivity contribution in [3.63, 3.8) is 0 Å². The number of carbonyl (C=O) groups is 1. The number of benzene rings is 1. The highest BCUT2D eigenvalue weighted by Gasteiger charge is 2.21. The van der Waals surface area contributed by atoms with Gasteiger partial charge in [0, 0.05) is 31.5 Å². The fourth-order valence-corrected chi connectivity index (χ4v) is 4.38. The average molecular weight is 434 g/mol. The van der Waals surface area contributed by atoms with Gasteiger partial charge in [0.2, 0.25) is 0 Å². The summed E-state index contributed by atoms with van der Waals surface area (Å²) in [4.78, 5) is 23.9. The van der Waals surface area contributed by atoms with Crippen LogP contribution >= 0.6 is 0 Å². The molecule has 2 aliphatic rings. The molecule has 0 unspecified atom stereocenters. The first-order valence-electron chi connectivity index (χ1n) is 10.9. The average Bonchev–Trinajstić information content (AvgIpc) is 3.46. The van der Waals surface area contributed by atoms with Crippen LogP contribution in [0.3, 0.4) is 0 Å².